The zero-order valence-electron chi connectivity index (χ0n) is 10.4. The average Bonchev–Trinajstić information content (AvgIpc) is 2.61. The molecule has 2 fully saturated rings. The number of rotatable bonds is 2. The van der Waals surface area contributed by atoms with Gasteiger partial charge in [-0.1, -0.05) is 11.6 Å². The lowest BCUT2D eigenvalue weighted by molar-refractivity contribution is 0.178. The van der Waals surface area contributed by atoms with Gasteiger partial charge in [-0.15, -0.1) is 0 Å². The number of amides is 1. The second kappa shape index (κ2) is 4.89. The van der Waals surface area contributed by atoms with Gasteiger partial charge in [-0.05, 0) is 36.8 Å². The molecule has 1 saturated heterocycles. The molecule has 6 heteroatoms. The summed E-state index contributed by atoms with van der Waals surface area (Å²) in [6, 6.07) is 3.92. The summed E-state index contributed by atoms with van der Waals surface area (Å²) in [7, 11) is 0. The Morgan fingerprint density at radius 2 is 2.11 bits per heavy atom. The minimum absolute atomic E-state index is 0.103. The van der Waals surface area contributed by atoms with E-state index in [2.05, 4.69) is 15.2 Å². The smallest absolute Gasteiger partial charge is 0.404 e. The summed E-state index contributed by atoms with van der Waals surface area (Å²) < 4.78 is 0. The molecule has 1 saturated carbocycles. The maximum absolute atomic E-state index is 10.8. The first kappa shape index (κ1) is 12.5. The van der Waals surface area contributed by atoms with Crippen molar-refractivity contribution in [3.8, 4) is 0 Å². The van der Waals surface area contributed by atoms with Gasteiger partial charge in [0, 0.05) is 31.0 Å². The summed E-state index contributed by atoms with van der Waals surface area (Å²) in [4.78, 5) is 17.1. The molecule has 1 aromatic heterocycles. The molecule has 2 N–H and O–H groups in total. The summed E-state index contributed by atoms with van der Waals surface area (Å²) in [6.07, 6.45) is 2.97. The predicted molar refractivity (Wildman–Crippen MR) is 72.6 cm³/mol. The lowest BCUT2D eigenvalue weighted by Crippen LogP contribution is -2.52. The molecule has 3 rings (SSSR count). The fraction of sp³-hybridized carbons (Fsp3) is 0.538. The molecule has 5 nitrogen and oxygen atoms in total. The molecule has 3 atom stereocenters. The standard InChI is InChI=1S/C13H16ClN3O2/c14-11-5-10(3-4-15-11)17-6-8-1-2-9(7-17)12(8)16-13(18)19/h3-5,8-9,12,16H,1-2,6-7H2,(H,18,19)/t8-,9+,12-. The minimum atomic E-state index is -0.915. The van der Waals surface area contributed by atoms with E-state index in [1.165, 1.54) is 0 Å². The van der Waals surface area contributed by atoms with Crippen LogP contribution >= 0.6 is 11.6 Å². The number of hydrogen-bond donors (Lipinski definition) is 2. The van der Waals surface area contributed by atoms with E-state index >= 15 is 0 Å². The van der Waals surface area contributed by atoms with Gasteiger partial charge in [-0.25, -0.2) is 9.78 Å². The highest BCUT2D eigenvalue weighted by Crippen LogP contribution is 2.38. The third-order valence-corrected chi connectivity index (χ3v) is 4.41. The van der Waals surface area contributed by atoms with Gasteiger partial charge in [0.05, 0.1) is 0 Å². The molecule has 0 radical (unpaired) electrons. The number of halogens is 1. The van der Waals surface area contributed by atoms with Gasteiger partial charge >= 0.3 is 6.09 Å². The molecular formula is C13H16ClN3O2. The Kier molecular flexibility index (Phi) is 3.22. The SMILES string of the molecule is O=C(O)N[C@@H]1[C@@H]2CC[C@H]1CN(c1ccnc(Cl)c1)C2. The first-order valence-electron chi connectivity index (χ1n) is 6.49. The molecule has 102 valence electrons. The molecule has 1 amide bonds. The number of nitrogens with zero attached hydrogens (tertiary/aromatic N) is 2. The molecule has 1 aliphatic carbocycles. The number of carbonyl (C=O) groups is 1. The molecule has 1 aliphatic heterocycles. The van der Waals surface area contributed by atoms with Crippen LogP contribution in [0.3, 0.4) is 0 Å². The van der Waals surface area contributed by atoms with Crippen molar-refractivity contribution < 1.29 is 9.90 Å². The molecule has 2 heterocycles. The predicted octanol–water partition coefficient (Wildman–Crippen LogP) is 2.22. The normalized spacial score (nSPS) is 29.3. The van der Waals surface area contributed by atoms with Crippen molar-refractivity contribution in [1.82, 2.24) is 10.3 Å². The van der Waals surface area contributed by atoms with Crippen LogP contribution in [-0.4, -0.2) is 35.3 Å². The number of anilines is 1. The number of carboxylic acid groups (broad SMARTS) is 1. The maximum Gasteiger partial charge on any atom is 0.404 e. The van der Waals surface area contributed by atoms with Gasteiger partial charge in [-0.3, -0.25) is 0 Å². The summed E-state index contributed by atoms with van der Waals surface area (Å²) in [5.74, 6) is 0.781. The zero-order valence-corrected chi connectivity index (χ0v) is 11.2. The average molecular weight is 282 g/mol. The van der Waals surface area contributed by atoms with Crippen LogP contribution in [0.1, 0.15) is 12.8 Å². The fourth-order valence-corrected chi connectivity index (χ4v) is 3.57. The topological polar surface area (TPSA) is 65.5 Å². The van der Waals surface area contributed by atoms with Crippen LogP contribution in [0.15, 0.2) is 18.3 Å². The van der Waals surface area contributed by atoms with E-state index in [0.29, 0.717) is 17.0 Å². The zero-order chi connectivity index (χ0) is 13.4. The number of aromatic nitrogens is 1. The lowest BCUT2D eigenvalue weighted by Gasteiger charge is -2.39. The highest BCUT2D eigenvalue weighted by Gasteiger charge is 2.42. The molecule has 1 aromatic rings. The largest absolute Gasteiger partial charge is 0.465 e. The molecule has 19 heavy (non-hydrogen) atoms. The molecule has 0 spiro atoms. The van der Waals surface area contributed by atoms with Gasteiger partial charge in [0.1, 0.15) is 5.15 Å². The van der Waals surface area contributed by atoms with E-state index in [1.807, 2.05) is 12.1 Å². The molecule has 2 bridgehead atoms. The number of nitrogens with one attached hydrogen (secondary N) is 1. The van der Waals surface area contributed by atoms with Crippen LogP contribution in [0, 0.1) is 11.8 Å². The summed E-state index contributed by atoms with van der Waals surface area (Å²) in [5, 5.41) is 12.1. The molecular weight excluding hydrogens is 266 g/mol. The minimum Gasteiger partial charge on any atom is -0.465 e. The third-order valence-electron chi connectivity index (χ3n) is 4.20. The summed E-state index contributed by atoms with van der Waals surface area (Å²) in [6.45, 7) is 1.75. The van der Waals surface area contributed by atoms with Crippen molar-refractivity contribution in [3.63, 3.8) is 0 Å². The number of hydrogen-bond acceptors (Lipinski definition) is 3. The van der Waals surface area contributed by atoms with E-state index in [9.17, 15) is 4.79 Å². The number of pyridine rings is 1. The number of piperidine rings is 1. The van der Waals surface area contributed by atoms with Crippen molar-refractivity contribution in [2.75, 3.05) is 18.0 Å². The molecule has 0 aromatic carbocycles. The first-order chi connectivity index (χ1) is 9.13. The Bertz CT molecular complexity index is 483. The van der Waals surface area contributed by atoms with Crippen molar-refractivity contribution in [1.29, 1.82) is 0 Å². The van der Waals surface area contributed by atoms with E-state index in [0.717, 1.165) is 31.6 Å². The van der Waals surface area contributed by atoms with Crippen molar-refractivity contribution in [2.45, 2.75) is 18.9 Å². The van der Waals surface area contributed by atoms with Crippen LogP contribution < -0.4 is 10.2 Å². The Labute approximate surface area is 116 Å². The number of fused-ring (bicyclic) bond motifs is 2. The van der Waals surface area contributed by atoms with Crippen LogP contribution in [-0.2, 0) is 0 Å². The van der Waals surface area contributed by atoms with Gasteiger partial charge in [0.15, 0.2) is 0 Å². The second-order valence-corrected chi connectivity index (χ2v) is 5.70. The van der Waals surface area contributed by atoms with Gasteiger partial charge in [0.25, 0.3) is 0 Å². The van der Waals surface area contributed by atoms with E-state index in [1.54, 1.807) is 6.20 Å². The van der Waals surface area contributed by atoms with Crippen LogP contribution in [0.4, 0.5) is 10.5 Å². The monoisotopic (exact) mass is 281 g/mol. The van der Waals surface area contributed by atoms with Crippen molar-refractivity contribution in [2.24, 2.45) is 11.8 Å². The highest BCUT2D eigenvalue weighted by atomic mass is 35.5. The van der Waals surface area contributed by atoms with Crippen molar-refractivity contribution >= 4 is 23.4 Å². The van der Waals surface area contributed by atoms with Crippen LogP contribution in [0.5, 0.6) is 0 Å². The Morgan fingerprint density at radius 1 is 1.42 bits per heavy atom. The second-order valence-electron chi connectivity index (χ2n) is 5.31. The first-order valence-corrected chi connectivity index (χ1v) is 6.87. The van der Waals surface area contributed by atoms with Gasteiger partial charge in [0.2, 0.25) is 0 Å². The van der Waals surface area contributed by atoms with E-state index in [4.69, 9.17) is 16.7 Å². The lowest BCUT2D eigenvalue weighted by atomic mass is 9.92. The van der Waals surface area contributed by atoms with E-state index in [-0.39, 0.29) is 6.04 Å². The summed E-state index contributed by atoms with van der Waals surface area (Å²) in [5.41, 5.74) is 1.07. The maximum atomic E-state index is 10.8. The highest BCUT2D eigenvalue weighted by molar-refractivity contribution is 6.29. The van der Waals surface area contributed by atoms with E-state index < -0.39 is 6.09 Å². The Morgan fingerprint density at radius 3 is 2.68 bits per heavy atom. The molecule has 0 unspecified atom stereocenters. The Hall–Kier alpha value is -1.49. The van der Waals surface area contributed by atoms with Gasteiger partial charge in [-0.2, -0.15) is 0 Å². The molecule has 2 aliphatic rings. The quantitative estimate of drug-likeness (QED) is 0.816. The third kappa shape index (κ3) is 2.47. The Balaban J connectivity index is 1.75. The van der Waals surface area contributed by atoms with Crippen molar-refractivity contribution in [3.05, 3.63) is 23.5 Å². The van der Waals surface area contributed by atoms with Crippen LogP contribution in [0.2, 0.25) is 5.15 Å². The fourth-order valence-electron chi connectivity index (χ4n) is 3.40. The van der Waals surface area contributed by atoms with Crippen LogP contribution in [0.25, 0.3) is 0 Å². The summed E-state index contributed by atoms with van der Waals surface area (Å²) >= 11 is 5.92. The van der Waals surface area contributed by atoms with Gasteiger partial charge < -0.3 is 15.3 Å².